The van der Waals surface area contributed by atoms with Gasteiger partial charge in [-0.25, -0.2) is 0 Å². The number of aliphatic carboxylic acids is 3. The van der Waals surface area contributed by atoms with Gasteiger partial charge >= 0.3 is 65.1 Å². The molecule has 8 nitrogen and oxygen atoms in total. The van der Waals surface area contributed by atoms with E-state index >= 15 is 0 Å². The van der Waals surface area contributed by atoms with E-state index in [1.165, 1.54) is 0 Å². The van der Waals surface area contributed by atoms with Crippen molar-refractivity contribution in [3.05, 3.63) is 0 Å². The smallest absolute Gasteiger partial charge is 0.550 e. The summed E-state index contributed by atoms with van der Waals surface area (Å²) in [6.45, 7) is -0.278. The van der Waals surface area contributed by atoms with Gasteiger partial charge in [0.2, 0.25) is 0 Å². The van der Waals surface area contributed by atoms with Crippen LogP contribution in [0.1, 0.15) is 6.42 Å². The molecule has 16 heavy (non-hydrogen) atoms. The number of nitrogens with two attached hydrogens (primary N) is 2. The monoisotopic (exact) mass is 252 g/mol. The summed E-state index contributed by atoms with van der Waals surface area (Å²) >= 11 is 0. The van der Waals surface area contributed by atoms with Crippen LogP contribution < -0.4 is 80.8 Å². The third kappa shape index (κ3) is 23.9. The maximum absolute atomic E-state index is 9.71. The van der Waals surface area contributed by atoms with Crippen molar-refractivity contribution >= 4 is 17.9 Å². The summed E-state index contributed by atoms with van der Waals surface area (Å²) < 4.78 is 0. The summed E-state index contributed by atoms with van der Waals surface area (Å²) in [5.74, 6) is -4.05. The zero-order chi connectivity index (χ0) is 11.7. The van der Waals surface area contributed by atoms with E-state index in [1.807, 2.05) is 0 Å². The first-order valence-electron chi connectivity index (χ1n) is 3.39. The SMILES string of the molecule is NC(CC(=O)[O-])C(=O)[O-].NCC(=O)O.[Na+].[Na+]. The van der Waals surface area contributed by atoms with Gasteiger partial charge in [0, 0.05) is 18.4 Å². The van der Waals surface area contributed by atoms with Gasteiger partial charge in [-0.2, -0.15) is 0 Å². The van der Waals surface area contributed by atoms with E-state index in [-0.39, 0.29) is 65.7 Å². The van der Waals surface area contributed by atoms with Crippen LogP contribution in [0, 0.1) is 0 Å². The van der Waals surface area contributed by atoms with Gasteiger partial charge < -0.3 is 36.4 Å². The Morgan fingerprint density at radius 2 is 1.50 bits per heavy atom. The van der Waals surface area contributed by atoms with Crippen LogP contribution >= 0.6 is 0 Å². The Hall–Kier alpha value is 0.330. The first kappa shape index (κ1) is 25.2. The fourth-order valence-electron chi connectivity index (χ4n) is 0.263. The van der Waals surface area contributed by atoms with Gasteiger partial charge in [-0.3, -0.25) is 4.79 Å². The number of hydrogen-bond donors (Lipinski definition) is 3. The van der Waals surface area contributed by atoms with E-state index in [9.17, 15) is 24.6 Å². The van der Waals surface area contributed by atoms with Crippen LogP contribution in [0.3, 0.4) is 0 Å². The van der Waals surface area contributed by atoms with Gasteiger partial charge in [0.15, 0.2) is 0 Å². The molecule has 0 radical (unpaired) electrons. The van der Waals surface area contributed by atoms with Crippen LogP contribution in [-0.2, 0) is 14.4 Å². The molecule has 0 saturated carbocycles. The second-order valence-electron chi connectivity index (χ2n) is 2.10. The Balaban J connectivity index is -0.0000000904. The molecule has 1 unspecified atom stereocenters. The summed E-state index contributed by atoms with van der Waals surface area (Å²) in [6, 6.07) is -1.46. The van der Waals surface area contributed by atoms with E-state index in [0.717, 1.165) is 0 Å². The van der Waals surface area contributed by atoms with E-state index < -0.39 is 30.4 Å². The summed E-state index contributed by atoms with van der Waals surface area (Å²) in [5, 5.41) is 26.9. The average Bonchev–Trinajstić information content (AvgIpc) is 2.04. The molecule has 0 aromatic carbocycles. The Kier molecular flexibility index (Phi) is 24.2. The van der Waals surface area contributed by atoms with E-state index in [4.69, 9.17) is 10.8 Å². The molecule has 5 N–H and O–H groups in total. The fourth-order valence-corrected chi connectivity index (χ4v) is 0.263. The minimum Gasteiger partial charge on any atom is -0.550 e. The number of carboxylic acid groups (broad SMARTS) is 3. The Bertz CT molecular complexity index is 225. The van der Waals surface area contributed by atoms with Gasteiger partial charge in [-0.15, -0.1) is 0 Å². The van der Waals surface area contributed by atoms with Crippen molar-refractivity contribution in [2.75, 3.05) is 6.54 Å². The molecule has 0 fully saturated rings. The molecule has 0 aromatic heterocycles. The number of carbonyl (C=O) groups excluding carboxylic acids is 2. The van der Waals surface area contributed by atoms with Crippen LogP contribution in [0.4, 0.5) is 0 Å². The molecule has 0 heterocycles. The molecule has 0 spiro atoms. The minimum atomic E-state index is -1.58. The fraction of sp³-hybridized carbons (Fsp3) is 0.500. The largest absolute Gasteiger partial charge is 1.00 e. The van der Waals surface area contributed by atoms with Crippen molar-refractivity contribution in [2.45, 2.75) is 12.5 Å². The molecule has 0 rings (SSSR count). The van der Waals surface area contributed by atoms with Gasteiger partial charge in [-0.1, -0.05) is 0 Å². The second kappa shape index (κ2) is 15.3. The van der Waals surface area contributed by atoms with Crippen molar-refractivity contribution in [3.8, 4) is 0 Å². The summed E-state index contributed by atoms with van der Waals surface area (Å²) in [4.78, 5) is 28.6. The zero-order valence-corrected chi connectivity index (χ0v) is 13.1. The Labute approximate surface area is 136 Å². The third-order valence-electron chi connectivity index (χ3n) is 0.864. The predicted molar refractivity (Wildman–Crippen MR) is 39.3 cm³/mol. The summed E-state index contributed by atoms with van der Waals surface area (Å²) in [7, 11) is 0. The van der Waals surface area contributed by atoms with E-state index in [1.54, 1.807) is 0 Å². The molecule has 0 amide bonds. The molecular weight excluding hydrogens is 242 g/mol. The van der Waals surface area contributed by atoms with Crippen LogP contribution in [0.2, 0.25) is 0 Å². The quantitative estimate of drug-likeness (QED) is 0.414. The Morgan fingerprint density at radius 1 is 1.19 bits per heavy atom. The maximum Gasteiger partial charge on any atom is 1.00 e. The number of carboxylic acids is 3. The summed E-state index contributed by atoms with van der Waals surface area (Å²) in [6.07, 6.45) is -0.706. The molecule has 0 aliphatic rings. The minimum absolute atomic E-state index is 0. The topological polar surface area (TPSA) is 170 Å². The van der Waals surface area contributed by atoms with Crippen LogP contribution in [0.15, 0.2) is 0 Å². The molecule has 0 aromatic rings. The second-order valence-corrected chi connectivity index (χ2v) is 2.10. The summed E-state index contributed by atoms with van der Waals surface area (Å²) in [5.41, 5.74) is 9.31. The zero-order valence-electron chi connectivity index (χ0n) is 9.13. The van der Waals surface area contributed by atoms with Crippen molar-refractivity contribution < 1.29 is 88.8 Å². The van der Waals surface area contributed by atoms with Crippen molar-refractivity contribution in [2.24, 2.45) is 11.5 Å². The van der Waals surface area contributed by atoms with Gasteiger partial charge in [-0.05, 0) is 0 Å². The van der Waals surface area contributed by atoms with Crippen molar-refractivity contribution in [1.29, 1.82) is 0 Å². The maximum atomic E-state index is 9.71. The number of hydrogen-bond acceptors (Lipinski definition) is 7. The molecule has 1 atom stereocenters. The predicted octanol–water partition coefficient (Wildman–Crippen LogP) is -10.8. The van der Waals surface area contributed by atoms with Gasteiger partial charge in [0.05, 0.1) is 12.5 Å². The normalized spacial score (nSPS) is 9.38. The Morgan fingerprint density at radius 3 is 1.56 bits per heavy atom. The van der Waals surface area contributed by atoms with Crippen molar-refractivity contribution in [1.82, 2.24) is 0 Å². The van der Waals surface area contributed by atoms with Crippen LogP contribution in [0.5, 0.6) is 0 Å². The number of rotatable bonds is 4. The first-order chi connectivity index (χ1) is 6.31. The molecule has 0 aliphatic carbocycles. The molecule has 0 bridgehead atoms. The molecule has 10 heteroatoms. The molecule has 82 valence electrons. The molecular formula is C6H10N2Na2O6. The van der Waals surface area contributed by atoms with Crippen molar-refractivity contribution in [3.63, 3.8) is 0 Å². The standard InChI is InChI=1S/C4H7NO4.C2H5NO2.2Na/c5-2(4(8)9)1-3(6)7;3-1-2(4)5;;/h2H,1,5H2,(H,6,7)(H,8,9);1,3H2,(H,4,5);;/q;;2*+1/p-2. The van der Waals surface area contributed by atoms with Crippen LogP contribution in [-0.4, -0.2) is 35.6 Å². The third-order valence-corrected chi connectivity index (χ3v) is 0.864. The molecule has 0 aliphatic heterocycles. The van der Waals surface area contributed by atoms with E-state index in [2.05, 4.69) is 5.73 Å². The first-order valence-corrected chi connectivity index (χ1v) is 3.39. The van der Waals surface area contributed by atoms with E-state index in [0.29, 0.717) is 0 Å². The van der Waals surface area contributed by atoms with Gasteiger partial charge in [0.25, 0.3) is 0 Å². The van der Waals surface area contributed by atoms with Gasteiger partial charge in [0.1, 0.15) is 0 Å². The average molecular weight is 252 g/mol. The molecule has 0 saturated heterocycles. The number of carbonyl (C=O) groups is 3. The van der Waals surface area contributed by atoms with Crippen LogP contribution in [0.25, 0.3) is 0 Å².